The van der Waals surface area contributed by atoms with Crippen molar-refractivity contribution in [2.45, 2.75) is 103 Å². The van der Waals surface area contributed by atoms with Gasteiger partial charge in [-0.15, -0.1) is 0 Å². The Labute approximate surface area is 330 Å². The van der Waals surface area contributed by atoms with Gasteiger partial charge in [0.2, 0.25) is 47.8 Å². The molecule has 2 fully saturated rings. The molecule has 0 radical (unpaired) electrons. The van der Waals surface area contributed by atoms with Crippen LogP contribution in [-0.2, 0) is 71.9 Å². The molecule has 4 rings (SSSR count). The highest BCUT2D eigenvalue weighted by molar-refractivity contribution is 7.89. The summed E-state index contributed by atoms with van der Waals surface area (Å²) in [6.45, 7) is 7.23. The Balaban J connectivity index is 0.000000298. The van der Waals surface area contributed by atoms with E-state index in [0.29, 0.717) is 19.3 Å². The number of benzene rings is 2. The number of rotatable bonds is 15. The van der Waals surface area contributed by atoms with E-state index in [0.717, 1.165) is 38.5 Å². The monoisotopic (exact) mass is 845 g/mol. The van der Waals surface area contributed by atoms with Crippen molar-refractivity contribution in [3.05, 3.63) is 71.8 Å². The highest BCUT2D eigenvalue weighted by Gasteiger charge is 2.56. The molecule has 2 heterocycles. The van der Waals surface area contributed by atoms with Crippen molar-refractivity contribution in [3.8, 4) is 0 Å². The van der Waals surface area contributed by atoms with Crippen LogP contribution in [0.25, 0.3) is 0 Å². The second kappa shape index (κ2) is 20.1. The first-order valence-corrected chi connectivity index (χ1v) is 23.4. The summed E-state index contributed by atoms with van der Waals surface area (Å²) in [4.78, 5) is 46.1. The molecule has 0 spiro atoms. The lowest BCUT2D eigenvalue weighted by Crippen LogP contribution is -2.57. The quantitative estimate of drug-likeness (QED) is 0.231. The fraction of sp³-hybridized carbons (Fsp3) is 0.556. The fourth-order valence-corrected chi connectivity index (χ4v) is 9.56. The first kappa shape index (κ1) is 48.4. The molecule has 2 aliphatic rings. The Morgan fingerprint density at radius 3 is 1.38 bits per heavy atom. The minimum Gasteiger partial charge on any atom is -0.348 e. The van der Waals surface area contributed by atoms with Crippen LogP contribution in [0.4, 0.5) is 0 Å². The molecule has 5 atom stereocenters. The van der Waals surface area contributed by atoms with Gasteiger partial charge in [0.15, 0.2) is 11.4 Å². The van der Waals surface area contributed by atoms with Gasteiger partial charge in [-0.1, -0.05) is 88.4 Å². The lowest BCUT2D eigenvalue weighted by molar-refractivity contribution is -0.148. The minimum absolute atomic E-state index is 0.0320. The van der Waals surface area contributed by atoms with E-state index in [1.54, 1.807) is 27.7 Å². The van der Waals surface area contributed by atoms with E-state index < -0.39 is 77.2 Å². The van der Waals surface area contributed by atoms with Crippen molar-refractivity contribution in [3.63, 3.8) is 0 Å². The van der Waals surface area contributed by atoms with Gasteiger partial charge in [0, 0.05) is 31.6 Å². The molecule has 3 amide bonds. The van der Waals surface area contributed by atoms with E-state index in [9.17, 15) is 44.4 Å². The largest absolute Gasteiger partial charge is 0.348 e. The maximum Gasteiger partial charge on any atom is 0.240 e. The molecule has 2 saturated heterocycles. The molecule has 0 aromatic heterocycles. The number of nitrogens with zero attached hydrogens (tertiary/aromatic N) is 2. The van der Waals surface area contributed by atoms with Crippen LogP contribution in [0, 0.1) is 5.92 Å². The van der Waals surface area contributed by atoms with Gasteiger partial charge in [0.1, 0.15) is 5.78 Å². The lowest BCUT2D eigenvalue weighted by Gasteiger charge is -2.38. The van der Waals surface area contributed by atoms with E-state index >= 15 is 0 Å². The summed E-state index contributed by atoms with van der Waals surface area (Å²) in [7, 11) is -11.0. The van der Waals surface area contributed by atoms with Crippen LogP contribution in [0.15, 0.2) is 60.7 Å². The Bertz CT molecular complexity index is 1890. The van der Waals surface area contributed by atoms with Gasteiger partial charge >= 0.3 is 0 Å². The van der Waals surface area contributed by atoms with E-state index in [1.165, 1.54) is 0 Å². The van der Waals surface area contributed by atoms with E-state index in [4.69, 9.17) is 20.9 Å². The third-order valence-electron chi connectivity index (χ3n) is 9.12. The molecule has 17 nitrogen and oxygen atoms in total. The number of nitrogens with two attached hydrogens (primary N) is 2. The summed E-state index contributed by atoms with van der Waals surface area (Å²) >= 11 is 0. The van der Waals surface area contributed by atoms with Crippen LogP contribution in [0.2, 0.25) is 0 Å². The Kier molecular flexibility index (Phi) is 17.3. The number of ketones is 1. The summed E-state index contributed by atoms with van der Waals surface area (Å²) in [6.07, 6.45) is 3.72. The normalized spacial score (nSPS) is 23.1. The number of hydrogen-bond acceptors (Lipinski definition) is 14. The molecule has 0 bridgehead atoms. The summed E-state index contributed by atoms with van der Waals surface area (Å²) < 4.78 is 84.2. The van der Waals surface area contributed by atoms with Crippen molar-refractivity contribution >= 4 is 53.6 Å². The Hall–Kier alpha value is -3.79. The topological polar surface area (TPSA) is 260 Å². The van der Waals surface area contributed by atoms with Crippen molar-refractivity contribution in [2.75, 3.05) is 18.8 Å². The number of sulfonamides is 3. The minimum atomic E-state index is -3.73. The number of ether oxygens (including phenoxy) is 2. The number of nitrogens with one attached hydrogen (secondary N) is 1. The van der Waals surface area contributed by atoms with Crippen LogP contribution >= 0.6 is 0 Å². The van der Waals surface area contributed by atoms with Crippen molar-refractivity contribution < 1.29 is 53.9 Å². The average Bonchev–Trinajstić information content (AvgIpc) is 3.53. The summed E-state index contributed by atoms with van der Waals surface area (Å²) in [5.74, 6) is -2.14. The van der Waals surface area contributed by atoms with Crippen molar-refractivity contribution in [1.82, 2.24) is 13.3 Å². The summed E-state index contributed by atoms with van der Waals surface area (Å²) in [5, 5.41) is 0. The van der Waals surface area contributed by atoms with Crippen molar-refractivity contribution in [2.24, 2.45) is 17.4 Å². The first-order valence-electron chi connectivity index (χ1n) is 17.8. The number of carbonyl (C=O) groups is 4. The maximum atomic E-state index is 12.0. The van der Waals surface area contributed by atoms with E-state index in [2.05, 4.69) is 0 Å². The Morgan fingerprint density at radius 1 is 0.732 bits per heavy atom. The van der Waals surface area contributed by atoms with Gasteiger partial charge in [0.05, 0.1) is 44.1 Å². The molecule has 2 aromatic rings. The van der Waals surface area contributed by atoms with Gasteiger partial charge < -0.3 is 20.9 Å². The van der Waals surface area contributed by atoms with Gasteiger partial charge in [-0.25, -0.2) is 33.9 Å². The van der Waals surface area contributed by atoms with Gasteiger partial charge in [-0.05, 0) is 24.0 Å². The molecule has 2 aromatic carbocycles. The second-order valence-corrected chi connectivity index (χ2v) is 19.0. The van der Waals surface area contributed by atoms with Gasteiger partial charge in [-0.2, -0.15) is 0 Å². The molecule has 314 valence electrons. The zero-order valence-corrected chi connectivity index (χ0v) is 35.3. The van der Waals surface area contributed by atoms with Crippen LogP contribution in [0.1, 0.15) is 77.3 Å². The Morgan fingerprint density at radius 2 is 1.09 bits per heavy atom. The number of hydrogen-bond donors (Lipinski definition) is 3. The SMILES string of the molecule is CCC(=O)[C@@H](C)CC(=O)NS(C)(=O)=O.CCC1(OCc2ccccc2)[C@@H](N)CC(=O)N1S(C)(=O)=O.CCC1(OCc2ccccc2)[C@@H](N)CC(=O)N1S(C)(=O)=O. The van der Waals surface area contributed by atoms with Crippen LogP contribution in [-0.4, -0.2) is 99.7 Å². The third kappa shape index (κ3) is 12.9. The van der Waals surface area contributed by atoms with E-state index in [1.807, 2.05) is 65.4 Å². The number of carbonyl (C=O) groups excluding carboxylic acids is 4. The maximum absolute atomic E-state index is 12.0. The molecular weight excluding hydrogens is 791 g/mol. The predicted octanol–water partition coefficient (Wildman–Crippen LogP) is 1.72. The second-order valence-electron chi connectivity index (χ2n) is 13.6. The van der Waals surface area contributed by atoms with Crippen molar-refractivity contribution in [1.29, 1.82) is 0 Å². The molecule has 0 saturated carbocycles. The molecule has 2 unspecified atom stereocenters. The molecular formula is C36H55N5O12S3. The number of amides is 3. The van der Waals surface area contributed by atoms with E-state index in [-0.39, 0.29) is 38.3 Å². The van der Waals surface area contributed by atoms with Gasteiger partial charge in [-0.3, -0.25) is 23.9 Å². The molecule has 2 aliphatic heterocycles. The highest BCUT2D eigenvalue weighted by atomic mass is 32.2. The standard InChI is InChI=1S/2C14H20N2O4S.C8H15NO4S/c2*1-3-14(20-10-11-7-5-4-6-8-11)12(15)9-13(17)16(14)21(2,18)19;1-4-7(10)6(2)5-8(11)9-14(3,12)13/h2*4-8,12H,3,9-10,15H2,1-2H3;6H,4-5H2,1-3H3,(H,9,11)/t2*12-,14?;6-/m000/s1. The molecule has 5 N–H and O–H groups in total. The first-order chi connectivity index (χ1) is 25.9. The van der Waals surface area contributed by atoms with Gasteiger partial charge in [0.25, 0.3) is 0 Å². The molecule has 56 heavy (non-hydrogen) atoms. The van der Waals surface area contributed by atoms with Crippen LogP contribution < -0.4 is 16.2 Å². The zero-order valence-electron chi connectivity index (χ0n) is 32.8. The summed E-state index contributed by atoms with van der Waals surface area (Å²) in [5.41, 5.74) is 11.2. The molecule has 0 aliphatic carbocycles. The summed E-state index contributed by atoms with van der Waals surface area (Å²) in [6, 6.07) is 17.4. The van der Waals surface area contributed by atoms with Crippen LogP contribution in [0.5, 0.6) is 0 Å². The third-order valence-corrected chi connectivity index (χ3v) is 12.1. The molecule has 20 heteroatoms. The highest BCUT2D eigenvalue weighted by Crippen LogP contribution is 2.38. The average molecular weight is 846 g/mol. The van der Waals surface area contributed by atoms with Crippen LogP contribution in [0.3, 0.4) is 0 Å². The fourth-order valence-electron chi connectivity index (χ4n) is 6.42. The smallest absolute Gasteiger partial charge is 0.240 e. The lowest BCUT2D eigenvalue weighted by atomic mass is 10.0. The predicted molar refractivity (Wildman–Crippen MR) is 209 cm³/mol. The number of Topliss-reactive ketones (excluding diaryl/α,β-unsaturated/α-hetero) is 1. The zero-order chi connectivity index (χ0) is 42.7.